The quantitative estimate of drug-likeness (QED) is 0.815. The van der Waals surface area contributed by atoms with Gasteiger partial charge in [-0.15, -0.1) is 0 Å². The Bertz CT molecular complexity index is 939. The number of pyridine rings is 2. The van der Waals surface area contributed by atoms with E-state index in [0.29, 0.717) is 38.4 Å². The first-order valence-corrected chi connectivity index (χ1v) is 8.10. The maximum atomic E-state index is 14.6. The molecule has 2 aromatic heterocycles. The van der Waals surface area contributed by atoms with E-state index in [1.165, 1.54) is 13.1 Å². The van der Waals surface area contributed by atoms with Gasteiger partial charge in [0.2, 0.25) is 11.3 Å². The molecule has 2 aromatic rings. The van der Waals surface area contributed by atoms with Gasteiger partial charge in [-0.05, 0) is 13.0 Å². The second kappa shape index (κ2) is 6.51. The predicted molar refractivity (Wildman–Crippen MR) is 90.8 cm³/mol. The molecule has 0 bridgehead atoms. The van der Waals surface area contributed by atoms with Crippen molar-refractivity contribution in [1.82, 2.24) is 14.5 Å². The molecule has 1 saturated heterocycles. The number of amides is 1. The average molecular weight is 343 g/mol. The lowest BCUT2D eigenvalue weighted by atomic mass is 10.2. The number of anilines is 1. The van der Waals surface area contributed by atoms with E-state index >= 15 is 0 Å². The number of carbonyl (C=O) groups is 1. The van der Waals surface area contributed by atoms with Crippen LogP contribution in [-0.4, -0.2) is 46.5 Å². The first-order chi connectivity index (χ1) is 12.0. The molecule has 0 N–H and O–H groups in total. The maximum absolute atomic E-state index is 14.6. The Balaban J connectivity index is 2.07. The lowest BCUT2D eigenvalue weighted by Crippen LogP contribution is -2.48. The van der Waals surface area contributed by atoms with Crippen LogP contribution in [-0.2, 0) is 11.3 Å². The Labute approximate surface area is 143 Å². The van der Waals surface area contributed by atoms with Crippen LogP contribution in [0.15, 0.2) is 17.1 Å². The molecule has 0 radical (unpaired) electrons. The third-order valence-corrected chi connectivity index (χ3v) is 4.47. The SMILES string of the molecule is CCn1cc(C#N)c(=O)c2cc(F)c(N3CCN(C(C)=O)CC3)nc21. The highest BCUT2D eigenvalue weighted by Gasteiger charge is 2.23. The van der Waals surface area contributed by atoms with Crippen LogP contribution in [0.1, 0.15) is 19.4 Å². The van der Waals surface area contributed by atoms with Crippen molar-refractivity contribution in [2.45, 2.75) is 20.4 Å². The van der Waals surface area contributed by atoms with Gasteiger partial charge in [0, 0.05) is 45.8 Å². The van der Waals surface area contributed by atoms with Crippen molar-refractivity contribution < 1.29 is 9.18 Å². The molecule has 0 aromatic carbocycles. The summed E-state index contributed by atoms with van der Waals surface area (Å²) in [4.78, 5) is 31.6. The number of fused-ring (bicyclic) bond motifs is 1. The van der Waals surface area contributed by atoms with Crippen LogP contribution in [0.4, 0.5) is 10.2 Å². The Hall–Kier alpha value is -2.95. The highest BCUT2D eigenvalue weighted by Crippen LogP contribution is 2.22. The molecule has 130 valence electrons. The van der Waals surface area contributed by atoms with Gasteiger partial charge < -0.3 is 14.4 Å². The summed E-state index contributed by atoms with van der Waals surface area (Å²) in [5, 5.41) is 9.18. The molecule has 0 spiro atoms. The predicted octanol–water partition coefficient (Wildman–Crippen LogP) is 1.10. The molecule has 1 amide bonds. The summed E-state index contributed by atoms with van der Waals surface area (Å²) >= 11 is 0. The molecule has 3 rings (SSSR count). The third-order valence-electron chi connectivity index (χ3n) is 4.47. The van der Waals surface area contributed by atoms with Crippen molar-refractivity contribution >= 4 is 22.8 Å². The van der Waals surface area contributed by atoms with Crippen LogP contribution in [0.2, 0.25) is 0 Å². The summed E-state index contributed by atoms with van der Waals surface area (Å²) in [5.74, 6) is -0.434. The second-order valence-electron chi connectivity index (χ2n) is 5.93. The van der Waals surface area contributed by atoms with E-state index in [1.54, 1.807) is 14.4 Å². The zero-order valence-electron chi connectivity index (χ0n) is 14.1. The number of rotatable bonds is 2. The fourth-order valence-electron chi connectivity index (χ4n) is 3.05. The molecular weight excluding hydrogens is 325 g/mol. The molecule has 7 nitrogen and oxygen atoms in total. The molecule has 1 aliphatic rings. The first kappa shape index (κ1) is 16.9. The van der Waals surface area contributed by atoms with E-state index in [1.807, 2.05) is 13.0 Å². The van der Waals surface area contributed by atoms with Gasteiger partial charge in [-0.25, -0.2) is 9.37 Å². The van der Waals surface area contributed by atoms with Crippen molar-refractivity contribution in [2.75, 3.05) is 31.1 Å². The van der Waals surface area contributed by atoms with Gasteiger partial charge in [-0.3, -0.25) is 9.59 Å². The van der Waals surface area contributed by atoms with Crippen LogP contribution in [0.5, 0.6) is 0 Å². The highest BCUT2D eigenvalue weighted by molar-refractivity contribution is 5.79. The molecule has 1 fully saturated rings. The second-order valence-corrected chi connectivity index (χ2v) is 5.93. The number of nitrogens with zero attached hydrogens (tertiary/aromatic N) is 5. The number of hydrogen-bond donors (Lipinski definition) is 0. The fourth-order valence-corrected chi connectivity index (χ4v) is 3.05. The number of nitriles is 1. The van der Waals surface area contributed by atoms with E-state index in [9.17, 15) is 14.0 Å². The summed E-state index contributed by atoms with van der Waals surface area (Å²) in [6, 6.07) is 3.00. The number of halogens is 1. The summed E-state index contributed by atoms with van der Waals surface area (Å²) in [7, 11) is 0. The van der Waals surface area contributed by atoms with Crippen LogP contribution < -0.4 is 10.3 Å². The van der Waals surface area contributed by atoms with Crippen molar-refractivity contribution in [3.8, 4) is 6.07 Å². The Morgan fingerprint density at radius 2 is 2.04 bits per heavy atom. The van der Waals surface area contributed by atoms with Gasteiger partial charge in [0.15, 0.2) is 11.6 Å². The minimum Gasteiger partial charge on any atom is -0.351 e. The standard InChI is InChI=1S/C17H18FN5O2/c1-3-21-10-12(9-19)15(25)13-8-14(18)17(20-16(13)21)23-6-4-22(5-7-23)11(2)24/h8,10H,3-7H2,1-2H3. The van der Waals surface area contributed by atoms with E-state index in [2.05, 4.69) is 4.98 Å². The summed E-state index contributed by atoms with van der Waals surface area (Å²) in [6.07, 6.45) is 1.45. The zero-order chi connectivity index (χ0) is 18.1. The molecular formula is C17H18FN5O2. The number of aromatic nitrogens is 2. The van der Waals surface area contributed by atoms with Gasteiger partial charge in [-0.1, -0.05) is 0 Å². The van der Waals surface area contributed by atoms with E-state index in [-0.39, 0.29) is 22.7 Å². The first-order valence-electron chi connectivity index (χ1n) is 8.10. The lowest BCUT2D eigenvalue weighted by Gasteiger charge is -2.35. The van der Waals surface area contributed by atoms with Crippen LogP contribution in [0, 0.1) is 17.1 Å². The smallest absolute Gasteiger partial charge is 0.219 e. The molecule has 25 heavy (non-hydrogen) atoms. The van der Waals surface area contributed by atoms with E-state index in [4.69, 9.17) is 5.26 Å². The Morgan fingerprint density at radius 3 is 2.60 bits per heavy atom. The number of hydrogen-bond acceptors (Lipinski definition) is 5. The summed E-state index contributed by atoms with van der Waals surface area (Å²) in [6.45, 7) is 5.83. The number of carbonyl (C=O) groups excluding carboxylic acids is 1. The largest absolute Gasteiger partial charge is 0.351 e. The fraction of sp³-hybridized carbons (Fsp3) is 0.412. The van der Waals surface area contributed by atoms with E-state index in [0.717, 1.165) is 6.07 Å². The van der Waals surface area contributed by atoms with Gasteiger partial charge in [0.05, 0.1) is 5.39 Å². The van der Waals surface area contributed by atoms with Crippen molar-refractivity contribution in [3.05, 3.63) is 33.9 Å². The monoisotopic (exact) mass is 343 g/mol. The van der Waals surface area contributed by atoms with Crippen LogP contribution in [0.3, 0.4) is 0 Å². The Kier molecular flexibility index (Phi) is 4.40. The van der Waals surface area contributed by atoms with Crippen LogP contribution in [0.25, 0.3) is 11.0 Å². The van der Waals surface area contributed by atoms with Crippen molar-refractivity contribution in [1.29, 1.82) is 5.26 Å². The molecule has 1 aliphatic heterocycles. The van der Waals surface area contributed by atoms with Gasteiger partial charge >= 0.3 is 0 Å². The number of piperazine rings is 1. The van der Waals surface area contributed by atoms with E-state index < -0.39 is 11.2 Å². The normalized spacial score (nSPS) is 14.6. The van der Waals surface area contributed by atoms with Gasteiger partial charge in [-0.2, -0.15) is 5.26 Å². The molecule has 0 aliphatic carbocycles. The third kappa shape index (κ3) is 2.93. The van der Waals surface area contributed by atoms with Gasteiger partial charge in [0.25, 0.3) is 0 Å². The Morgan fingerprint density at radius 1 is 1.36 bits per heavy atom. The average Bonchev–Trinajstić information content (AvgIpc) is 2.62. The topological polar surface area (TPSA) is 82.2 Å². The molecule has 8 heteroatoms. The molecule has 0 atom stereocenters. The van der Waals surface area contributed by atoms with Crippen molar-refractivity contribution in [2.24, 2.45) is 0 Å². The summed E-state index contributed by atoms with van der Waals surface area (Å²) in [5.41, 5.74) is -0.184. The summed E-state index contributed by atoms with van der Waals surface area (Å²) < 4.78 is 16.3. The molecule has 3 heterocycles. The highest BCUT2D eigenvalue weighted by atomic mass is 19.1. The van der Waals surface area contributed by atoms with Crippen molar-refractivity contribution in [3.63, 3.8) is 0 Å². The van der Waals surface area contributed by atoms with Crippen LogP contribution >= 0.6 is 0 Å². The molecule has 0 unspecified atom stereocenters. The minimum atomic E-state index is -0.599. The van der Waals surface area contributed by atoms with Gasteiger partial charge in [0.1, 0.15) is 17.3 Å². The maximum Gasteiger partial charge on any atom is 0.219 e. The lowest BCUT2D eigenvalue weighted by molar-refractivity contribution is -0.129. The molecule has 0 saturated carbocycles. The zero-order valence-corrected chi connectivity index (χ0v) is 14.1. The minimum absolute atomic E-state index is 0.00422. The number of aryl methyl sites for hydroxylation is 1.